The Morgan fingerprint density at radius 2 is 1.82 bits per heavy atom. The van der Waals surface area contributed by atoms with Gasteiger partial charge in [-0.05, 0) is 37.0 Å². The molecule has 0 radical (unpaired) electrons. The van der Waals surface area contributed by atoms with Crippen molar-refractivity contribution in [3.63, 3.8) is 0 Å². The highest BCUT2D eigenvalue weighted by Crippen LogP contribution is 2.23. The van der Waals surface area contributed by atoms with Gasteiger partial charge in [0, 0.05) is 23.4 Å². The largest absolute Gasteiger partial charge is 0.326 e. The molecular weight excluding hydrogens is 292 g/mol. The molecule has 1 heterocycles. The quantitative estimate of drug-likeness (QED) is 0.893. The van der Waals surface area contributed by atoms with Crippen molar-refractivity contribution in [1.29, 1.82) is 0 Å². The van der Waals surface area contributed by atoms with E-state index in [0.29, 0.717) is 12.8 Å². The number of rotatable bonds is 4. The lowest BCUT2D eigenvalue weighted by molar-refractivity contribution is -0.116. The summed E-state index contributed by atoms with van der Waals surface area (Å²) in [6.07, 6.45) is 1.17. The van der Waals surface area contributed by atoms with Gasteiger partial charge in [0.25, 0.3) is 0 Å². The Balaban J connectivity index is 1.89. The molecule has 0 spiro atoms. The van der Waals surface area contributed by atoms with Crippen LogP contribution in [0.3, 0.4) is 0 Å². The van der Waals surface area contributed by atoms with E-state index in [1.54, 1.807) is 11.3 Å². The van der Waals surface area contributed by atoms with Gasteiger partial charge in [-0.15, -0.1) is 11.3 Å². The topological polar surface area (TPSA) is 42.0 Å². The first kappa shape index (κ1) is 16.7. The first-order chi connectivity index (χ1) is 10.3. The predicted octanol–water partition coefficient (Wildman–Crippen LogP) is 4.63. The minimum absolute atomic E-state index is 0.0361. The molecule has 0 aliphatic heterocycles. The number of aryl methyl sites for hydroxylation is 3. The van der Waals surface area contributed by atoms with Crippen LogP contribution >= 0.6 is 11.3 Å². The first-order valence-corrected chi connectivity index (χ1v) is 8.40. The van der Waals surface area contributed by atoms with E-state index in [1.165, 1.54) is 10.4 Å². The van der Waals surface area contributed by atoms with E-state index in [-0.39, 0.29) is 11.3 Å². The van der Waals surface area contributed by atoms with E-state index in [4.69, 9.17) is 0 Å². The summed E-state index contributed by atoms with van der Waals surface area (Å²) in [5.41, 5.74) is 3.31. The van der Waals surface area contributed by atoms with Crippen molar-refractivity contribution in [2.45, 2.75) is 52.9 Å². The molecule has 0 unspecified atom stereocenters. The molecule has 118 valence electrons. The average Bonchev–Trinajstić information content (AvgIpc) is 2.75. The van der Waals surface area contributed by atoms with Gasteiger partial charge in [0.2, 0.25) is 5.91 Å². The summed E-state index contributed by atoms with van der Waals surface area (Å²) in [4.78, 5) is 17.7. The normalized spacial score (nSPS) is 11.5. The lowest BCUT2D eigenvalue weighted by atomic mass is 9.87. The molecule has 2 aromatic rings. The Hall–Kier alpha value is -1.68. The number of carbonyl (C=O) groups excluding carboxylic acids is 1. The molecule has 1 N–H and O–H groups in total. The number of hydrogen-bond donors (Lipinski definition) is 1. The van der Waals surface area contributed by atoms with Gasteiger partial charge in [0.15, 0.2) is 0 Å². The molecule has 1 aromatic heterocycles. The van der Waals surface area contributed by atoms with Crippen LogP contribution in [0.15, 0.2) is 24.3 Å². The summed E-state index contributed by atoms with van der Waals surface area (Å²) in [6.45, 7) is 10.6. The third-order valence-electron chi connectivity index (χ3n) is 3.67. The van der Waals surface area contributed by atoms with E-state index in [1.807, 2.05) is 19.1 Å². The van der Waals surface area contributed by atoms with Gasteiger partial charge in [0.05, 0.1) is 10.7 Å². The first-order valence-electron chi connectivity index (χ1n) is 7.59. The van der Waals surface area contributed by atoms with E-state index in [9.17, 15) is 4.79 Å². The van der Waals surface area contributed by atoms with Crippen LogP contribution in [-0.4, -0.2) is 10.9 Å². The number of amides is 1. The molecule has 0 saturated heterocycles. The Kier molecular flexibility index (Phi) is 5.01. The Labute approximate surface area is 136 Å². The van der Waals surface area contributed by atoms with E-state index >= 15 is 0 Å². The summed E-state index contributed by atoms with van der Waals surface area (Å²) in [5, 5.41) is 3.99. The molecule has 1 amide bonds. The smallest absolute Gasteiger partial charge is 0.224 e. The molecule has 4 heteroatoms. The van der Waals surface area contributed by atoms with Gasteiger partial charge < -0.3 is 5.32 Å². The van der Waals surface area contributed by atoms with Crippen molar-refractivity contribution in [1.82, 2.24) is 4.98 Å². The number of benzene rings is 1. The van der Waals surface area contributed by atoms with Crippen LogP contribution in [0.1, 0.15) is 48.3 Å². The number of anilines is 1. The fraction of sp³-hybridized carbons (Fsp3) is 0.444. The van der Waals surface area contributed by atoms with Crippen molar-refractivity contribution < 1.29 is 4.79 Å². The van der Waals surface area contributed by atoms with E-state index in [2.05, 4.69) is 50.1 Å². The monoisotopic (exact) mass is 316 g/mol. The molecule has 0 aliphatic rings. The van der Waals surface area contributed by atoms with Gasteiger partial charge >= 0.3 is 0 Å². The SMILES string of the molecule is Cc1nc(CCC(=O)Nc2ccc(C(C)(C)C)cc2)sc1C. The van der Waals surface area contributed by atoms with Crippen molar-refractivity contribution in [3.05, 3.63) is 45.4 Å². The Bertz CT molecular complexity index is 631. The molecule has 0 atom stereocenters. The van der Waals surface area contributed by atoms with E-state index < -0.39 is 0 Å². The third kappa shape index (κ3) is 4.41. The minimum Gasteiger partial charge on any atom is -0.326 e. The maximum atomic E-state index is 12.0. The maximum absolute atomic E-state index is 12.0. The zero-order valence-corrected chi connectivity index (χ0v) is 14.8. The second-order valence-corrected chi connectivity index (χ2v) is 7.91. The van der Waals surface area contributed by atoms with Gasteiger partial charge in [-0.3, -0.25) is 4.79 Å². The number of carbonyl (C=O) groups is 1. The van der Waals surface area contributed by atoms with Crippen molar-refractivity contribution in [2.75, 3.05) is 5.32 Å². The van der Waals surface area contributed by atoms with Gasteiger partial charge in [-0.2, -0.15) is 0 Å². The number of nitrogens with zero attached hydrogens (tertiary/aromatic N) is 1. The molecule has 0 saturated carbocycles. The predicted molar refractivity (Wildman–Crippen MR) is 93.7 cm³/mol. The number of nitrogens with one attached hydrogen (secondary N) is 1. The van der Waals surface area contributed by atoms with Gasteiger partial charge in [0.1, 0.15) is 0 Å². The zero-order chi connectivity index (χ0) is 16.3. The van der Waals surface area contributed by atoms with Gasteiger partial charge in [-0.1, -0.05) is 32.9 Å². The molecule has 0 aliphatic carbocycles. The molecule has 0 fully saturated rings. The molecule has 1 aromatic carbocycles. The van der Waals surface area contributed by atoms with Crippen LogP contribution in [0.2, 0.25) is 0 Å². The fourth-order valence-electron chi connectivity index (χ4n) is 2.14. The number of aromatic nitrogens is 1. The lowest BCUT2D eigenvalue weighted by Gasteiger charge is -2.19. The maximum Gasteiger partial charge on any atom is 0.224 e. The Morgan fingerprint density at radius 3 is 2.32 bits per heavy atom. The summed E-state index contributed by atoms with van der Waals surface area (Å²) in [5.74, 6) is 0.0361. The van der Waals surface area contributed by atoms with Crippen molar-refractivity contribution >= 4 is 22.9 Å². The molecule has 3 nitrogen and oxygen atoms in total. The van der Waals surface area contributed by atoms with Crippen LogP contribution in [0, 0.1) is 13.8 Å². The number of thiazole rings is 1. The lowest BCUT2D eigenvalue weighted by Crippen LogP contribution is -2.13. The fourth-order valence-corrected chi connectivity index (χ4v) is 3.08. The highest BCUT2D eigenvalue weighted by Gasteiger charge is 2.13. The van der Waals surface area contributed by atoms with Crippen LogP contribution in [0.25, 0.3) is 0 Å². The number of hydrogen-bond acceptors (Lipinski definition) is 3. The molecule has 22 heavy (non-hydrogen) atoms. The van der Waals surface area contributed by atoms with Crippen molar-refractivity contribution in [3.8, 4) is 0 Å². The van der Waals surface area contributed by atoms with Crippen LogP contribution in [0.5, 0.6) is 0 Å². The molecular formula is C18H24N2OS. The Morgan fingerprint density at radius 1 is 1.18 bits per heavy atom. The van der Waals surface area contributed by atoms with Crippen LogP contribution in [0.4, 0.5) is 5.69 Å². The molecule has 2 rings (SSSR count). The zero-order valence-electron chi connectivity index (χ0n) is 14.0. The third-order valence-corrected chi connectivity index (χ3v) is 4.81. The summed E-state index contributed by atoms with van der Waals surface area (Å²) in [6, 6.07) is 8.08. The standard InChI is InChI=1S/C18H24N2OS/c1-12-13(2)22-17(19-12)11-10-16(21)20-15-8-6-14(7-9-15)18(3,4)5/h6-9H,10-11H2,1-5H3,(H,20,21). The summed E-state index contributed by atoms with van der Waals surface area (Å²) in [7, 11) is 0. The minimum atomic E-state index is 0.0361. The molecule has 0 bridgehead atoms. The highest BCUT2D eigenvalue weighted by molar-refractivity contribution is 7.11. The highest BCUT2D eigenvalue weighted by atomic mass is 32.1. The van der Waals surface area contributed by atoms with Crippen LogP contribution in [-0.2, 0) is 16.6 Å². The second-order valence-electron chi connectivity index (χ2n) is 6.62. The van der Waals surface area contributed by atoms with Crippen LogP contribution < -0.4 is 5.32 Å². The summed E-state index contributed by atoms with van der Waals surface area (Å²) >= 11 is 1.68. The van der Waals surface area contributed by atoms with Crippen molar-refractivity contribution in [2.24, 2.45) is 0 Å². The average molecular weight is 316 g/mol. The summed E-state index contributed by atoms with van der Waals surface area (Å²) < 4.78 is 0. The van der Waals surface area contributed by atoms with Gasteiger partial charge in [-0.25, -0.2) is 4.98 Å². The van der Waals surface area contributed by atoms with E-state index in [0.717, 1.165) is 16.4 Å². The second kappa shape index (κ2) is 6.61.